The second-order valence-electron chi connectivity index (χ2n) is 22.1. The Hall–Kier alpha value is -3.49. The summed E-state index contributed by atoms with van der Waals surface area (Å²) in [6.45, 7) is 23.7. The number of aliphatic carboxylic acids is 1. The molecule has 0 bridgehead atoms. The largest absolute Gasteiger partial charge is 0.481 e. The van der Waals surface area contributed by atoms with Gasteiger partial charge in [-0.1, -0.05) is 96.1 Å². The van der Waals surface area contributed by atoms with E-state index in [1.807, 2.05) is 44.2 Å². The molecule has 6 aliphatic rings. The van der Waals surface area contributed by atoms with E-state index in [1.165, 1.54) is 5.57 Å². The number of fused-ring (bicyclic) bond motifs is 7. The van der Waals surface area contributed by atoms with Gasteiger partial charge in [-0.3, -0.25) is 14.4 Å². The number of ether oxygens (including phenoxy) is 1. The molecule has 1 N–H and O–H groups in total. The molecule has 5 saturated carbocycles. The number of esters is 1. The standard InChI is InChI=1S/C49H69N3O6/c1-30(2)32-19-24-49(43(56)52-27-13-16-34(52)42-50-41(51-58-42)31-14-11-10-12-15-31)26-25-47(8)33(40(32)49)17-18-36-46(7)22-21-37(45(5,6)35(46)20-23-48(36,47)9)57-39(55)29-44(3,4)28-38(53)54/h10-12,14-15,32-37,40H,1,13,16-29H2,2-9H3,(H,53,54)/t32-,33+,34?,35-,36+,37-,40+,46-,47+,48+,49-/m0/s1. The summed E-state index contributed by atoms with van der Waals surface area (Å²) >= 11 is 0. The number of amides is 1. The predicted octanol–water partition coefficient (Wildman–Crippen LogP) is 10.9. The summed E-state index contributed by atoms with van der Waals surface area (Å²) in [6.07, 6.45) is 11.9. The molecule has 0 radical (unpaired) electrons. The molecule has 1 amide bonds. The highest BCUT2D eigenvalue weighted by molar-refractivity contribution is 5.84. The minimum Gasteiger partial charge on any atom is -0.481 e. The van der Waals surface area contributed by atoms with Gasteiger partial charge >= 0.3 is 11.9 Å². The van der Waals surface area contributed by atoms with Gasteiger partial charge in [0, 0.05) is 17.5 Å². The monoisotopic (exact) mass is 796 g/mol. The third kappa shape index (κ3) is 6.32. The smallest absolute Gasteiger partial charge is 0.306 e. The minimum absolute atomic E-state index is 0.0605. The van der Waals surface area contributed by atoms with Crippen LogP contribution in [0, 0.1) is 62.1 Å². The fraction of sp³-hybridized carbons (Fsp3) is 0.735. The third-order valence-corrected chi connectivity index (χ3v) is 18.2. The molecule has 2 heterocycles. The van der Waals surface area contributed by atoms with Crippen LogP contribution in [-0.4, -0.2) is 50.6 Å². The highest BCUT2D eigenvalue weighted by atomic mass is 16.5. The molecule has 0 spiro atoms. The average Bonchev–Trinajstić information content (AvgIpc) is 3.92. The number of aromatic nitrogens is 2. The van der Waals surface area contributed by atoms with E-state index in [0.29, 0.717) is 41.3 Å². The molecule has 5 aliphatic carbocycles. The minimum atomic E-state index is -0.892. The second-order valence-corrected chi connectivity index (χ2v) is 22.1. The van der Waals surface area contributed by atoms with Gasteiger partial charge in [0.25, 0.3) is 0 Å². The lowest BCUT2D eigenvalue weighted by Crippen LogP contribution is -2.67. The molecule has 58 heavy (non-hydrogen) atoms. The molecule has 9 heteroatoms. The van der Waals surface area contributed by atoms with Crippen LogP contribution in [0.2, 0.25) is 0 Å². The van der Waals surface area contributed by atoms with Gasteiger partial charge in [0.05, 0.1) is 18.3 Å². The summed E-state index contributed by atoms with van der Waals surface area (Å²) in [5.41, 5.74) is 1.19. The van der Waals surface area contributed by atoms with E-state index < -0.39 is 16.8 Å². The van der Waals surface area contributed by atoms with Crippen LogP contribution in [0.25, 0.3) is 11.4 Å². The van der Waals surface area contributed by atoms with E-state index >= 15 is 4.79 Å². The van der Waals surface area contributed by atoms with Crippen molar-refractivity contribution in [3.05, 3.63) is 48.4 Å². The Bertz CT molecular complexity index is 1940. The van der Waals surface area contributed by atoms with Crippen molar-refractivity contribution in [2.45, 2.75) is 157 Å². The van der Waals surface area contributed by atoms with Gasteiger partial charge in [0.1, 0.15) is 12.1 Å². The van der Waals surface area contributed by atoms with Crippen molar-refractivity contribution < 1.29 is 28.8 Å². The van der Waals surface area contributed by atoms with Gasteiger partial charge in [0.15, 0.2) is 0 Å². The number of carboxylic acid groups (broad SMARTS) is 1. The topological polar surface area (TPSA) is 123 Å². The molecule has 9 nitrogen and oxygen atoms in total. The van der Waals surface area contributed by atoms with Crippen molar-refractivity contribution in [2.24, 2.45) is 62.1 Å². The summed E-state index contributed by atoms with van der Waals surface area (Å²) in [5, 5.41) is 13.7. The quantitative estimate of drug-likeness (QED) is 0.197. The number of carboxylic acids is 1. The summed E-state index contributed by atoms with van der Waals surface area (Å²) in [6, 6.07) is 9.73. The lowest BCUT2D eigenvalue weighted by atomic mass is 9.32. The number of carbonyl (C=O) groups excluding carboxylic acids is 2. The van der Waals surface area contributed by atoms with Crippen molar-refractivity contribution >= 4 is 17.8 Å². The van der Waals surface area contributed by atoms with Crippen molar-refractivity contribution in [2.75, 3.05) is 6.54 Å². The lowest BCUT2D eigenvalue weighted by Gasteiger charge is -2.73. The first-order valence-electron chi connectivity index (χ1n) is 22.5. The number of benzene rings is 1. The Kier molecular flexibility index (Phi) is 10.2. The zero-order valence-corrected chi connectivity index (χ0v) is 36.6. The molecule has 316 valence electrons. The lowest BCUT2D eigenvalue weighted by molar-refractivity contribution is -0.250. The Labute approximate surface area is 346 Å². The first-order valence-corrected chi connectivity index (χ1v) is 22.5. The summed E-state index contributed by atoms with van der Waals surface area (Å²) in [5.74, 6) is 2.26. The second kappa shape index (κ2) is 14.3. The Morgan fingerprint density at radius 1 is 0.897 bits per heavy atom. The molecular formula is C49H69N3O6. The van der Waals surface area contributed by atoms with Crippen molar-refractivity contribution in [3.63, 3.8) is 0 Å². The van der Waals surface area contributed by atoms with E-state index in [1.54, 1.807) is 0 Å². The van der Waals surface area contributed by atoms with E-state index in [4.69, 9.17) is 14.2 Å². The number of carbonyl (C=O) groups is 3. The molecule has 1 unspecified atom stereocenters. The molecule has 6 fully saturated rings. The van der Waals surface area contributed by atoms with Gasteiger partial charge in [-0.2, -0.15) is 4.98 Å². The summed E-state index contributed by atoms with van der Waals surface area (Å²) in [4.78, 5) is 47.2. The first-order chi connectivity index (χ1) is 27.3. The van der Waals surface area contributed by atoms with E-state index in [0.717, 1.165) is 89.2 Å². The van der Waals surface area contributed by atoms with Crippen LogP contribution in [0.5, 0.6) is 0 Å². The van der Waals surface area contributed by atoms with Crippen molar-refractivity contribution in [3.8, 4) is 11.4 Å². The maximum atomic E-state index is 15.5. The van der Waals surface area contributed by atoms with Crippen LogP contribution < -0.4 is 0 Å². The first kappa shape index (κ1) is 41.3. The van der Waals surface area contributed by atoms with Gasteiger partial charge in [0.2, 0.25) is 17.6 Å². The zero-order valence-electron chi connectivity index (χ0n) is 36.6. The fourth-order valence-electron chi connectivity index (χ4n) is 15.4. The van der Waals surface area contributed by atoms with Crippen molar-refractivity contribution in [1.29, 1.82) is 0 Å². The van der Waals surface area contributed by atoms with E-state index in [2.05, 4.69) is 58.2 Å². The summed E-state index contributed by atoms with van der Waals surface area (Å²) in [7, 11) is 0. The highest BCUT2D eigenvalue weighted by Crippen LogP contribution is 2.78. The van der Waals surface area contributed by atoms with Gasteiger partial charge in [-0.05, 0) is 135 Å². The molecule has 1 aromatic carbocycles. The van der Waals surface area contributed by atoms with Crippen molar-refractivity contribution in [1.82, 2.24) is 15.0 Å². The van der Waals surface area contributed by atoms with E-state index in [9.17, 15) is 14.7 Å². The molecule has 8 rings (SSSR count). The third-order valence-electron chi connectivity index (χ3n) is 18.2. The number of rotatable bonds is 9. The fourth-order valence-corrected chi connectivity index (χ4v) is 15.4. The maximum Gasteiger partial charge on any atom is 0.306 e. The van der Waals surface area contributed by atoms with Gasteiger partial charge in [-0.15, -0.1) is 0 Å². The van der Waals surface area contributed by atoms with Crippen LogP contribution in [0.1, 0.15) is 157 Å². The Balaban J connectivity index is 1.05. The summed E-state index contributed by atoms with van der Waals surface area (Å²) < 4.78 is 12.2. The van der Waals surface area contributed by atoms with Crippen LogP contribution in [-0.2, 0) is 19.1 Å². The molecule has 1 aliphatic heterocycles. The highest BCUT2D eigenvalue weighted by Gasteiger charge is 2.72. The molecular weight excluding hydrogens is 727 g/mol. The average molecular weight is 796 g/mol. The van der Waals surface area contributed by atoms with Gasteiger partial charge in [-0.25, -0.2) is 0 Å². The molecule has 1 saturated heterocycles. The Morgan fingerprint density at radius 3 is 2.34 bits per heavy atom. The van der Waals surface area contributed by atoms with E-state index in [-0.39, 0.29) is 58.5 Å². The normalized spacial score (nSPS) is 39.2. The molecule has 11 atom stereocenters. The van der Waals surface area contributed by atoms with Crippen LogP contribution in [0.3, 0.4) is 0 Å². The van der Waals surface area contributed by atoms with Crippen LogP contribution >= 0.6 is 0 Å². The SMILES string of the molecule is C=C(C)[C@@H]1CC[C@]2(C(=O)N3CCCC3c3nc(-c4ccccc4)no3)CC[C@]3(C)[C@H](CC[C@@H]4[C@@]5(C)CC[C@H](OC(=O)CC(C)(C)CC(=O)O)C(C)(C)[C@@H]5CC[C@]43C)[C@@H]12. The zero-order chi connectivity index (χ0) is 41.6. The maximum absolute atomic E-state index is 15.5. The number of likely N-dealkylation sites (tertiary alicyclic amines) is 1. The van der Waals surface area contributed by atoms with Gasteiger partial charge < -0.3 is 19.3 Å². The number of nitrogens with zero attached hydrogens (tertiary/aromatic N) is 3. The molecule has 1 aromatic heterocycles. The number of hydrogen-bond acceptors (Lipinski definition) is 7. The van der Waals surface area contributed by atoms with Crippen LogP contribution in [0.4, 0.5) is 0 Å². The predicted molar refractivity (Wildman–Crippen MR) is 223 cm³/mol. The Morgan fingerprint density at radius 2 is 1.64 bits per heavy atom. The number of hydrogen-bond donors (Lipinski definition) is 1. The van der Waals surface area contributed by atoms with Crippen LogP contribution in [0.15, 0.2) is 47.0 Å². The number of allylic oxidation sites excluding steroid dienone is 1. The molecule has 2 aromatic rings.